The first-order chi connectivity index (χ1) is 8.93. The number of carbonyl (C=O) groups excluding carboxylic acids is 1. The maximum atomic E-state index is 11.8. The number of rotatable bonds is 3. The van der Waals surface area contributed by atoms with Gasteiger partial charge < -0.3 is 10.0 Å². The molecule has 1 saturated heterocycles. The van der Waals surface area contributed by atoms with Crippen LogP contribution >= 0.6 is 27.5 Å². The quantitative estimate of drug-likeness (QED) is 0.516. The molecule has 1 atom stereocenters. The molecule has 1 heterocycles. The van der Waals surface area contributed by atoms with E-state index in [1.165, 1.54) is 11.0 Å². The van der Waals surface area contributed by atoms with Gasteiger partial charge in [0.1, 0.15) is 10.8 Å². The van der Waals surface area contributed by atoms with Crippen LogP contribution in [0.25, 0.3) is 0 Å². The lowest BCUT2D eigenvalue weighted by Crippen LogP contribution is -2.24. The van der Waals surface area contributed by atoms with Gasteiger partial charge in [0.25, 0.3) is 5.69 Å². The van der Waals surface area contributed by atoms with Gasteiger partial charge in [0.05, 0.1) is 16.7 Å². The minimum atomic E-state index is -0.682. The van der Waals surface area contributed by atoms with Gasteiger partial charge in [-0.15, -0.1) is 0 Å². The van der Waals surface area contributed by atoms with Crippen LogP contribution in [0, 0.1) is 16.0 Å². The van der Waals surface area contributed by atoms with Gasteiger partial charge in [-0.25, -0.2) is 0 Å². The molecule has 1 amide bonds. The minimum absolute atomic E-state index is 0.104. The third-order valence-electron chi connectivity index (χ3n) is 2.95. The number of nitro groups is 1. The number of phenolic OH excluding ortho intramolecular Hbond substituents is 1. The van der Waals surface area contributed by atoms with Crippen LogP contribution in [0.3, 0.4) is 0 Å². The van der Waals surface area contributed by atoms with Crippen molar-refractivity contribution in [2.24, 2.45) is 5.92 Å². The predicted molar refractivity (Wildman–Crippen MR) is 74.0 cm³/mol. The minimum Gasteiger partial charge on any atom is -0.505 e. The van der Waals surface area contributed by atoms with E-state index in [0.717, 1.165) is 6.07 Å². The Bertz CT molecular complexity index is 552. The number of alkyl halides is 1. The first-order valence-electron chi connectivity index (χ1n) is 5.47. The zero-order valence-corrected chi connectivity index (χ0v) is 12.0. The second-order valence-electron chi connectivity index (χ2n) is 4.28. The molecular formula is C11H10BrClN2O4. The summed E-state index contributed by atoms with van der Waals surface area (Å²) in [6.07, 6.45) is 0.374. The number of aromatic hydroxyl groups is 1. The predicted octanol–water partition coefficient (Wildman–Crippen LogP) is 2.70. The van der Waals surface area contributed by atoms with Crippen LogP contribution in [-0.2, 0) is 4.79 Å². The first kappa shape index (κ1) is 14.1. The van der Waals surface area contributed by atoms with E-state index in [9.17, 15) is 20.0 Å². The van der Waals surface area contributed by atoms with Gasteiger partial charge in [-0.2, -0.15) is 0 Å². The maximum Gasteiger partial charge on any atom is 0.291 e. The average Bonchev–Trinajstić information content (AvgIpc) is 2.72. The Hall–Kier alpha value is -1.34. The number of nitro benzene ring substituents is 1. The van der Waals surface area contributed by atoms with Gasteiger partial charge in [-0.1, -0.05) is 27.5 Å². The molecule has 0 saturated carbocycles. The summed E-state index contributed by atoms with van der Waals surface area (Å²) in [4.78, 5) is 23.3. The highest BCUT2D eigenvalue weighted by atomic mass is 79.9. The summed E-state index contributed by atoms with van der Waals surface area (Å²) in [5.41, 5.74) is -0.171. The Kier molecular flexibility index (Phi) is 3.96. The molecule has 1 fully saturated rings. The highest BCUT2D eigenvalue weighted by Crippen LogP contribution is 2.39. The van der Waals surface area contributed by atoms with E-state index < -0.39 is 4.92 Å². The second-order valence-corrected chi connectivity index (χ2v) is 5.33. The molecular weight excluding hydrogens is 339 g/mol. The van der Waals surface area contributed by atoms with E-state index in [2.05, 4.69) is 15.9 Å². The summed E-state index contributed by atoms with van der Waals surface area (Å²) in [7, 11) is 0. The topological polar surface area (TPSA) is 83.7 Å². The Labute approximate surface area is 122 Å². The molecule has 1 N–H and O–H groups in total. The van der Waals surface area contributed by atoms with E-state index in [0.29, 0.717) is 18.3 Å². The van der Waals surface area contributed by atoms with Crippen molar-refractivity contribution in [2.45, 2.75) is 6.42 Å². The molecule has 1 unspecified atom stereocenters. The normalized spacial score (nSPS) is 18.9. The Morgan fingerprint density at radius 2 is 2.26 bits per heavy atom. The van der Waals surface area contributed by atoms with Gasteiger partial charge in [-0.05, 0) is 12.0 Å². The Morgan fingerprint density at radius 1 is 1.58 bits per heavy atom. The van der Waals surface area contributed by atoms with Crippen molar-refractivity contribution in [3.05, 3.63) is 27.3 Å². The highest BCUT2D eigenvalue weighted by molar-refractivity contribution is 9.09. The van der Waals surface area contributed by atoms with Crippen molar-refractivity contribution in [1.82, 2.24) is 0 Å². The maximum absolute atomic E-state index is 11.8. The van der Waals surface area contributed by atoms with Crippen LogP contribution in [0.15, 0.2) is 12.1 Å². The van der Waals surface area contributed by atoms with Crippen LogP contribution < -0.4 is 4.90 Å². The smallest absolute Gasteiger partial charge is 0.291 e. The molecule has 0 aromatic heterocycles. The van der Waals surface area contributed by atoms with Crippen LogP contribution in [-0.4, -0.2) is 27.8 Å². The van der Waals surface area contributed by atoms with Crippen LogP contribution in [0.1, 0.15) is 6.42 Å². The molecule has 6 nitrogen and oxygen atoms in total. The monoisotopic (exact) mass is 348 g/mol. The van der Waals surface area contributed by atoms with Crippen LogP contribution in [0.5, 0.6) is 5.75 Å². The van der Waals surface area contributed by atoms with E-state index in [1.54, 1.807) is 0 Å². The number of anilines is 1. The molecule has 1 aromatic rings. The van der Waals surface area contributed by atoms with Gasteiger partial charge in [0.2, 0.25) is 5.91 Å². The summed E-state index contributed by atoms with van der Waals surface area (Å²) in [5.74, 6) is -0.301. The van der Waals surface area contributed by atoms with E-state index in [-0.39, 0.29) is 34.0 Å². The molecule has 102 valence electrons. The molecule has 2 rings (SSSR count). The average molecular weight is 350 g/mol. The van der Waals surface area contributed by atoms with Crippen molar-refractivity contribution in [3.63, 3.8) is 0 Å². The summed E-state index contributed by atoms with van der Waals surface area (Å²) in [6.45, 7) is 0.450. The summed E-state index contributed by atoms with van der Waals surface area (Å²) < 4.78 is 0. The lowest BCUT2D eigenvalue weighted by Gasteiger charge is -2.18. The number of hydrogen-bond donors (Lipinski definition) is 1. The zero-order valence-electron chi connectivity index (χ0n) is 9.68. The fourth-order valence-corrected chi connectivity index (χ4v) is 2.67. The lowest BCUT2D eigenvalue weighted by molar-refractivity contribution is -0.384. The van der Waals surface area contributed by atoms with Crippen molar-refractivity contribution in [3.8, 4) is 5.75 Å². The summed E-state index contributed by atoms with van der Waals surface area (Å²) in [6, 6.07) is 2.22. The summed E-state index contributed by atoms with van der Waals surface area (Å²) in [5, 5.41) is 21.1. The van der Waals surface area contributed by atoms with Crippen LogP contribution in [0.2, 0.25) is 5.02 Å². The number of benzene rings is 1. The largest absolute Gasteiger partial charge is 0.505 e. The summed E-state index contributed by atoms with van der Waals surface area (Å²) >= 11 is 9.10. The van der Waals surface area contributed by atoms with Gasteiger partial charge in [0.15, 0.2) is 0 Å². The number of halogens is 2. The molecule has 1 aliphatic rings. The standard InChI is InChI=1S/C11H10BrClN2O4/c12-4-6-1-11(17)14(5-6)9-2-7(13)8(15(18)19)3-10(9)16/h2-3,6,16H,1,4-5H2. The second kappa shape index (κ2) is 5.34. The number of phenols is 1. The van der Waals surface area contributed by atoms with E-state index in [1.807, 2.05) is 0 Å². The molecule has 0 aliphatic carbocycles. The molecule has 0 spiro atoms. The van der Waals surface area contributed by atoms with E-state index in [4.69, 9.17) is 11.6 Å². The molecule has 1 aromatic carbocycles. The number of nitrogens with zero attached hydrogens (tertiary/aromatic N) is 2. The highest BCUT2D eigenvalue weighted by Gasteiger charge is 2.32. The van der Waals surface area contributed by atoms with Gasteiger partial charge in [0, 0.05) is 18.3 Å². The number of amides is 1. The molecule has 1 aliphatic heterocycles. The van der Waals surface area contributed by atoms with Gasteiger partial charge in [-0.3, -0.25) is 14.9 Å². The van der Waals surface area contributed by atoms with E-state index >= 15 is 0 Å². The third kappa shape index (κ3) is 2.66. The molecule has 0 radical (unpaired) electrons. The van der Waals surface area contributed by atoms with Crippen LogP contribution in [0.4, 0.5) is 11.4 Å². The Balaban J connectivity index is 2.39. The van der Waals surface area contributed by atoms with Crippen molar-refractivity contribution in [1.29, 1.82) is 0 Å². The zero-order chi connectivity index (χ0) is 14.2. The van der Waals surface area contributed by atoms with Crippen molar-refractivity contribution in [2.75, 3.05) is 16.8 Å². The SMILES string of the molecule is O=C1CC(CBr)CN1c1cc(Cl)c([N+](=O)[O-])cc1O. The lowest BCUT2D eigenvalue weighted by atomic mass is 10.2. The van der Waals surface area contributed by atoms with Gasteiger partial charge >= 0.3 is 0 Å². The Morgan fingerprint density at radius 3 is 2.79 bits per heavy atom. The fraction of sp³-hybridized carbons (Fsp3) is 0.364. The number of hydrogen-bond acceptors (Lipinski definition) is 4. The van der Waals surface area contributed by atoms with Crippen molar-refractivity contribution < 1.29 is 14.8 Å². The third-order valence-corrected chi connectivity index (χ3v) is 4.17. The first-order valence-corrected chi connectivity index (χ1v) is 6.97. The molecule has 8 heteroatoms. The fourth-order valence-electron chi connectivity index (χ4n) is 2.01. The van der Waals surface area contributed by atoms with Crippen molar-refractivity contribution >= 4 is 44.8 Å². The molecule has 19 heavy (non-hydrogen) atoms. The number of carbonyl (C=O) groups is 1. The molecule has 0 bridgehead atoms.